The Balaban J connectivity index is 2.29. The lowest BCUT2D eigenvalue weighted by atomic mass is 9.88. The van der Waals surface area contributed by atoms with Crippen molar-refractivity contribution in [2.45, 2.75) is 25.5 Å². The average molecular weight is 251 g/mol. The van der Waals surface area contributed by atoms with E-state index >= 15 is 0 Å². The molecule has 0 aliphatic carbocycles. The highest BCUT2D eigenvalue weighted by atomic mass is 16.5. The smallest absolute Gasteiger partial charge is 0.123 e. The Morgan fingerprint density at radius 1 is 1.33 bits per heavy atom. The first-order chi connectivity index (χ1) is 8.67. The zero-order chi connectivity index (χ0) is 13.1. The van der Waals surface area contributed by atoms with Crippen LogP contribution in [0.2, 0.25) is 0 Å². The number of benzene rings is 1. The lowest BCUT2D eigenvalue weighted by molar-refractivity contribution is 0.0992. The van der Waals surface area contributed by atoms with Crippen LogP contribution < -0.4 is 15.2 Å². The van der Waals surface area contributed by atoms with Crippen molar-refractivity contribution in [3.05, 3.63) is 23.8 Å². The van der Waals surface area contributed by atoms with Crippen molar-refractivity contribution >= 4 is 0 Å². The minimum Gasteiger partial charge on any atom is -0.497 e. The fraction of sp³-hybridized carbons (Fsp3) is 0.571. The molecule has 4 heteroatoms. The van der Waals surface area contributed by atoms with E-state index in [0.717, 1.165) is 30.1 Å². The lowest BCUT2D eigenvalue weighted by Gasteiger charge is -2.24. The van der Waals surface area contributed by atoms with Gasteiger partial charge in [0.15, 0.2) is 0 Å². The van der Waals surface area contributed by atoms with Crippen LogP contribution in [0.3, 0.4) is 0 Å². The molecule has 1 saturated heterocycles. The zero-order valence-electron chi connectivity index (χ0n) is 11.2. The summed E-state index contributed by atoms with van der Waals surface area (Å²) in [7, 11) is 3.31. The van der Waals surface area contributed by atoms with Crippen molar-refractivity contribution in [1.29, 1.82) is 0 Å². The molecular formula is C14H21NO3. The fourth-order valence-electron chi connectivity index (χ4n) is 2.55. The van der Waals surface area contributed by atoms with Crippen LogP contribution in [-0.4, -0.2) is 26.9 Å². The van der Waals surface area contributed by atoms with E-state index in [1.54, 1.807) is 14.2 Å². The van der Waals surface area contributed by atoms with Crippen LogP contribution in [0.1, 0.15) is 24.9 Å². The van der Waals surface area contributed by atoms with Crippen molar-refractivity contribution < 1.29 is 14.2 Å². The molecule has 0 saturated carbocycles. The molecule has 18 heavy (non-hydrogen) atoms. The molecule has 1 heterocycles. The van der Waals surface area contributed by atoms with E-state index in [1.165, 1.54) is 0 Å². The average Bonchev–Trinajstić information content (AvgIpc) is 2.83. The molecule has 1 aromatic carbocycles. The van der Waals surface area contributed by atoms with Crippen LogP contribution in [0, 0.1) is 5.92 Å². The maximum absolute atomic E-state index is 6.38. The van der Waals surface area contributed by atoms with Gasteiger partial charge >= 0.3 is 0 Å². The first-order valence-electron chi connectivity index (χ1n) is 6.26. The number of ether oxygens (including phenoxy) is 3. The standard InChI is InChI=1S/C14H21NO3/c1-9-11(6-7-18-9)14(15)12-8-10(16-2)4-5-13(12)17-3/h4-5,8-9,11,14H,6-7,15H2,1-3H3. The Kier molecular flexibility index (Phi) is 4.09. The molecule has 1 fully saturated rings. The summed E-state index contributed by atoms with van der Waals surface area (Å²) in [5.74, 6) is 1.93. The van der Waals surface area contributed by atoms with Gasteiger partial charge in [0.2, 0.25) is 0 Å². The second kappa shape index (κ2) is 5.59. The van der Waals surface area contributed by atoms with Gasteiger partial charge in [0.05, 0.1) is 20.3 Å². The second-order valence-corrected chi connectivity index (χ2v) is 4.66. The Labute approximate surface area is 108 Å². The monoisotopic (exact) mass is 251 g/mol. The van der Waals surface area contributed by atoms with Gasteiger partial charge in [-0.25, -0.2) is 0 Å². The molecule has 2 rings (SSSR count). The molecule has 2 N–H and O–H groups in total. The molecule has 0 aromatic heterocycles. The molecular weight excluding hydrogens is 230 g/mol. The third kappa shape index (κ3) is 2.44. The summed E-state index contributed by atoms with van der Waals surface area (Å²) in [5, 5.41) is 0. The van der Waals surface area contributed by atoms with Gasteiger partial charge in [-0.2, -0.15) is 0 Å². The summed E-state index contributed by atoms with van der Waals surface area (Å²) < 4.78 is 16.2. The van der Waals surface area contributed by atoms with E-state index in [9.17, 15) is 0 Å². The molecule has 0 amide bonds. The summed E-state index contributed by atoms with van der Waals surface area (Å²) in [6.45, 7) is 2.86. The third-order valence-electron chi connectivity index (χ3n) is 3.69. The van der Waals surface area contributed by atoms with Crippen LogP contribution >= 0.6 is 0 Å². The fourth-order valence-corrected chi connectivity index (χ4v) is 2.55. The predicted molar refractivity (Wildman–Crippen MR) is 70.0 cm³/mol. The number of hydrogen-bond acceptors (Lipinski definition) is 4. The second-order valence-electron chi connectivity index (χ2n) is 4.66. The highest BCUT2D eigenvalue weighted by Crippen LogP contribution is 2.37. The first kappa shape index (κ1) is 13.2. The number of methoxy groups -OCH3 is 2. The molecule has 0 radical (unpaired) electrons. The molecule has 0 bridgehead atoms. The van der Waals surface area contributed by atoms with Gasteiger partial charge in [-0.1, -0.05) is 0 Å². The van der Waals surface area contributed by atoms with Gasteiger partial charge in [0.25, 0.3) is 0 Å². The quantitative estimate of drug-likeness (QED) is 0.890. The highest BCUT2D eigenvalue weighted by Gasteiger charge is 2.32. The largest absolute Gasteiger partial charge is 0.497 e. The van der Waals surface area contributed by atoms with E-state index in [-0.39, 0.29) is 12.1 Å². The summed E-state index contributed by atoms with van der Waals surface area (Å²) in [5.41, 5.74) is 7.36. The van der Waals surface area contributed by atoms with Crippen molar-refractivity contribution in [2.75, 3.05) is 20.8 Å². The highest BCUT2D eigenvalue weighted by molar-refractivity contribution is 5.42. The van der Waals surface area contributed by atoms with Crippen LogP contribution in [0.25, 0.3) is 0 Å². The molecule has 1 aliphatic rings. The van der Waals surface area contributed by atoms with E-state index < -0.39 is 0 Å². The van der Waals surface area contributed by atoms with E-state index in [1.807, 2.05) is 18.2 Å². The molecule has 0 spiro atoms. The van der Waals surface area contributed by atoms with Gasteiger partial charge in [0.1, 0.15) is 11.5 Å². The minimum atomic E-state index is -0.0902. The number of rotatable bonds is 4. The van der Waals surface area contributed by atoms with E-state index in [2.05, 4.69) is 6.92 Å². The summed E-state index contributed by atoms with van der Waals surface area (Å²) >= 11 is 0. The molecule has 4 nitrogen and oxygen atoms in total. The van der Waals surface area contributed by atoms with Crippen LogP contribution in [0.15, 0.2) is 18.2 Å². The maximum atomic E-state index is 6.38. The van der Waals surface area contributed by atoms with Gasteiger partial charge < -0.3 is 19.9 Å². The normalized spacial score (nSPS) is 24.9. The Hall–Kier alpha value is -1.26. The summed E-state index contributed by atoms with van der Waals surface area (Å²) in [4.78, 5) is 0. The van der Waals surface area contributed by atoms with Gasteiger partial charge in [-0.3, -0.25) is 0 Å². The van der Waals surface area contributed by atoms with Crippen LogP contribution in [0.4, 0.5) is 0 Å². The number of nitrogens with two attached hydrogens (primary N) is 1. The van der Waals surface area contributed by atoms with Gasteiger partial charge in [0, 0.05) is 24.1 Å². The van der Waals surface area contributed by atoms with Crippen molar-refractivity contribution in [1.82, 2.24) is 0 Å². The predicted octanol–water partition coefficient (Wildman–Crippen LogP) is 2.13. The topological polar surface area (TPSA) is 53.7 Å². The zero-order valence-corrected chi connectivity index (χ0v) is 11.2. The molecule has 1 aromatic rings. The van der Waals surface area contributed by atoms with E-state index in [4.69, 9.17) is 19.9 Å². The molecule has 1 aliphatic heterocycles. The van der Waals surface area contributed by atoms with Crippen LogP contribution in [0.5, 0.6) is 11.5 Å². The number of hydrogen-bond donors (Lipinski definition) is 1. The maximum Gasteiger partial charge on any atom is 0.123 e. The Bertz CT molecular complexity index is 408. The minimum absolute atomic E-state index is 0.0902. The Morgan fingerprint density at radius 3 is 2.67 bits per heavy atom. The lowest BCUT2D eigenvalue weighted by Crippen LogP contribution is -2.27. The van der Waals surface area contributed by atoms with Crippen molar-refractivity contribution in [2.24, 2.45) is 11.7 Å². The molecule has 3 atom stereocenters. The van der Waals surface area contributed by atoms with E-state index in [0.29, 0.717) is 5.92 Å². The SMILES string of the molecule is COc1ccc(OC)c(C(N)C2CCOC2C)c1. The first-order valence-corrected chi connectivity index (χ1v) is 6.26. The summed E-state index contributed by atoms with van der Waals surface area (Å²) in [6, 6.07) is 5.64. The Morgan fingerprint density at radius 2 is 2.11 bits per heavy atom. The third-order valence-corrected chi connectivity index (χ3v) is 3.69. The van der Waals surface area contributed by atoms with Gasteiger partial charge in [-0.05, 0) is 31.5 Å². The summed E-state index contributed by atoms with van der Waals surface area (Å²) in [6.07, 6.45) is 1.18. The van der Waals surface area contributed by atoms with Crippen LogP contribution in [-0.2, 0) is 4.74 Å². The van der Waals surface area contributed by atoms with Crippen molar-refractivity contribution in [3.63, 3.8) is 0 Å². The molecule has 3 unspecified atom stereocenters. The van der Waals surface area contributed by atoms with Crippen molar-refractivity contribution in [3.8, 4) is 11.5 Å². The van der Waals surface area contributed by atoms with Gasteiger partial charge in [-0.15, -0.1) is 0 Å². The molecule has 100 valence electrons.